The standard InChI is InChI=1S/C10H13ClN2O3/c1-5(2)9-12-8(11)6(4-7(14)15)10(13-9)16-3/h5H,4H2,1-3H3,(H,14,15). The highest BCUT2D eigenvalue weighted by Crippen LogP contribution is 2.25. The third kappa shape index (κ3) is 2.82. The second-order valence-corrected chi connectivity index (χ2v) is 3.94. The van der Waals surface area contributed by atoms with Gasteiger partial charge in [0.15, 0.2) is 0 Å². The Kier molecular flexibility index (Phi) is 4.06. The maximum absolute atomic E-state index is 10.6. The van der Waals surface area contributed by atoms with Crippen LogP contribution < -0.4 is 4.74 Å². The molecule has 88 valence electrons. The van der Waals surface area contributed by atoms with Gasteiger partial charge in [0.05, 0.1) is 19.1 Å². The highest BCUT2D eigenvalue weighted by atomic mass is 35.5. The summed E-state index contributed by atoms with van der Waals surface area (Å²) in [6.45, 7) is 3.84. The number of methoxy groups -OCH3 is 1. The molecule has 0 aliphatic carbocycles. The Labute approximate surface area is 98.4 Å². The molecule has 0 bridgehead atoms. The monoisotopic (exact) mass is 244 g/mol. The Balaban J connectivity index is 3.22. The summed E-state index contributed by atoms with van der Waals surface area (Å²) in [5.74, 6) is -0.131. The maximum atomic E-state index is 10.6. The largest absolute Gasteiger partial charge is 0.481 e. The number of aromatic nitrogens is 2. The Morgan fingerprint density at radius 2 is 2.12 bits per heavy atom. The van der Waals surface area contributed by atoms with E-state index in [0.29, 0.717) is 11.4 Å². The van der Waals surface area contributed by atoms with Crippen molar-refractivity contribution in [3.05, 3.63) is 16.5 Å². The molecule has 0 saturated carbocycles. The molecule has 0 saturated heterocycles. The molecule has 1 aromatic heterocycles. The second-order valence-electron chi connectivity index (χ2n) is 3.59. The smallest absolute Gasteiger partial charge is 0.308 e. The lowest BCUT2D eigenvalue weighted by Crippen LogP contribution is -2.09. The molecule has 0 aliphatic rings. The molecule has 1 N–H and O–H groups in total. The second kappa shape index (κ2) is 5.12. The van der Waals surface area contributed by atoms with Gasteiger partial charge in [-0.1, -0.05) is 25.4 Å². The summed E-state index contributed by atoms with van der Waals surface area (Å²) in [6.07, 6.45) is -0.250. The molecule has 0 aliphatic heterocycles. The van der Waals surface area contributed by atoms with Crippen molar-refractivity contribution in [3.63, 3.8) is 0 Å². The molecule has 0 radical (unpaired) electrons. The number of halogens is 1. The maximum Gasteiger partial charge on any atom is 0.308 e. The molecule has 0 atom stereocenters. The predicted octanol–water partition coefficient (Wildman–Crippen LogP) is 1.89. The summed E-state index contributed by atoms with van der Waals surface area (Å²) in [7, 11) is 1.42. The Bertz CT molecular complexity index is 407. The van der Waals surface area contributed by atoms with Crippen molar-refractivity contribution in [1.29, 1.82) is 0 Å². The molecule has 0 spiro atoms. The van der Waals surface area contributed by atoms with Gasteiger partial charge in [-0.2, -0.15) is 4.98 Å². The van der Waals surface area contributed by atoms with Gasteiger partial charge in [0.2, 0.25) is 5.88 Å². The van der Waals surface area contributed by atoms with Crippen LogP contribution in [0.4, 0.5) is 0 Å². The average Bonchev–Trinajstić information content (AvgIpc) is 2.19. The van der Waals surface area contributed by atoms with Gasteiger partial charge in [0.1, 0.15) is 11.0 Å². The summed E-state index contributed by atoms with van der Waals surface area (Å²) >= 11 is 5.91. The molecule has 16 heavy (non-hydrogen) atoms. The molecule has 1 heterocycles. The van der Waals surface area contributed by atoms with Gasteiger partial charge < -0.3 is 9.84 Å². The zero-order valence-corrected chi connectivity index (χ0v) is 10.1. The highest BCUT2D eigenvalue weighted by Gasteiger charge is 2.17. The first-order chi connectivity index (χ1) is 7.45. The van der Waals surface area contributed by atoms with Crippen LogP contribution in [-0.2, 0) is 11.2 Å². The molecule has 0 fully saturated rings. The van der Waals surface area contributed by atoms with Gasteiger partial charge in [-0.15, -0.1) is 0 Å². The third-order valence-corrected chi connectivity index (χ3v) is 2.29. The number of carboxylic acids is 1. The fourth-order valence-electron chi connectivity index (χ4n) is 1.18. The van der Waals surface area contributed by atoms with Gasteiger partial charge in [-0.25, -0.2) is 4.98 Å². The van der Waals surface area contributed by atoms with E-state index in [-0.39, 0.29) is 23.4 Å². The number of carbonyl (C=O) groups is 1. The third-order valence-electron chi connectivity index (χ3n) is 1.97. The highest BCUT2D eigenvalue weighted by molar-refractivity contribution is 6.30. The number of carboxylic acid groups (broad SMARTS) is 1. The molecule has 0 aromatic carbocycles. The summed E-state index contributed by atoms with van der Waals surface area (Å²) in [5.41, 5.74) is 0.307. The number of nitrogens with zero attached hydrogens (tertiary/aromatic N) is 2. The summed E-state index contributed by atoms with van der Waals surface area (Å²) in [6, 6.07) is 0. The van der Waals surface area contributed by atoms with Gasteiger partial charge in [0, 0.05) is 5.92 Å². The molecular formula is C10H13ClN2O3. The van der Waals surface area contributed by atoms with Crippen molar-refractivity contribution in [3.8, 4) is 5.88 Å². The lowest BCUT2D eigenvalue weighted by atomic mass is 10.2. The lowest BCUT2D eigenvalue weighted by Gasteiger charge is -2.11. The first-order valence-electron chi connectivity index (χ1n) is 4.77. The minimum absolute atomic E-state index is 0.102. The van der Waals surface area contributed by atoms with Crippen LogP contribution >= 0.6 is 11.6 Å². The average molecular weight is 245 g/mol. The van der Waals surface area contributed by atoms with E-state index in [2.05, 4.69) is 9.97 Å². The van der Waals surface area contributed by atoms with Crippen molar-refractivity contribution in [2.75, 3.05) is 7.11 Å². The number of aliphatic carboxylic acids is 1. The first-order valence-corrected chi connectivity index (χ1v) is 5.15. The van der Waals surface area contributed by atoms with Crippen molar-refractivity contribution < 1.29 is 14.6 Å². The fraction of sp³-hybridized carbons (Fsp3) is 0.500. The van der Waals surface area contributed by atoms with Crippen LogP contribution in [0.25, 0.3) is 0 Å². The predicted molar refractivity (Wildman–Crippen MR) is 59.0 cm³/mol. The van der Waals surface area contributed by atoms with E-state index in [1.807, 2.05) is 13.8 Å². The lowest BCUT2D eigenvalue weighted by molar-refractivity contribution is -0.136. The van der Waals surface area contributed by atoms with Crippen LogP contribution in [0.1, 0.15) is 31.2 Å². The molecule has 1 aromatic rings. The molecule has 0 unspecified atom stereocenters. The van der Waals surface area contributed by atoms with E-state index in [0.717, 1.165) is 0 Å². The molecule has 0 amide bonds. The van der Waals surface area contributed by atoms with Crippen molar-refractivity contribution in [1.82, 2.24) is 9.97 Å². The van der Waals surface area contributed by atoms with E-state index < -0.39 is 5.97 Å². The van der Waals surface area contributed by atoms with E-state index in [4.69, 9.17) is 21.4 Å². The number of hydrogen-bond acceptors (Lipinski definition) is 4. The van der Waals surface area contributed by atoms with Crippen LogP contribution in [0.3, 0.4) is 0 Å². The molecule has 1 rings (SSSR count). The number of hydrogen-bond donors (Lipinski definition) is 1. The van der Waals surface area contributed by atoms with Gasteiger partial charge in [0.25, 0.3) is 0 Å². The first kappa shape index (κ1) is 12.7. The zero-order chi connectivity index (χ0) is 12.3. The SMILES string of the molecule is COc1nc(C(C)C)nc(Cl)c1CC(=O)O. The minimum atomic E-state index is -0.999. The molecular weight excluding hydrogens is 232 g/mol. The van der Waals surface area contributed by atoms with Crippen molar-refractivity contribution in [2.45, 2.75) is 26.2 Å². The normalized spacial score (nSPS) is 10.6. The fourth-order valence-corrected chi connectivity index (χ4v) is 1.41. The van der Waals surface area contributed by atoms with E-state index in [1.54, 1.807) is 0 Å². The minimum Gasteiger partial charge on any atom is -0.481 e. The molecule has 5 nitrogen and oxygen atoms in total. The Hall–Kier alpha value is -1.36. The summed E-state index contributed by atoms with van der Waals surface area (Å²) in [4.78, 5) is 18.8. The van der Waals surface area contributed by atoms with E-state index >= 15 is 0 Å². The summed E-state index contributed by atoms with van der Waals surface area (Å²) < 4.78 is 5.02. The van der Waals surface area contributed by atoms with E-state index in [9.17, 15) is 4.79 Å². The van der Waals surface area contributed by atoms with Crippen LogP contribution in [0.5, 0.6) is 5.88 Å². The Morgan fingerprint density at radius 3 is 2.56 bits per heavy atom. The number of rotatable bonds is 4. The molecule has 6 heteroatoms. The summed E-state index contributed by atoms with van der Waals surface area (Å²) in [5, 5.41) is 8.86. The van der Waals surface area contributed by atoms with Gasteiger partial charge in [-0.3, -0.25) is 4.79 Å². The van der Waals surface area contributed by atoms with Crippen molar-refractivity contribution >= 4 is 17.6 Å². The zero-order valence-electron chi connectivity index (χ0n) is 9.32. The van der Waals surface area contributed by atoms with Crippen LogP contribution in [-0.4, -0.2) is 28.2 Å². The van der Waals surface area contributed by atoms with Gasteiger partial charge in [-0.05, 0) is 0 Å². The van der Waals surface area contributed by atoms with Crippen LogP contribution in [0.15, 0.2) is 0 Å². The van der Waals surface area contributed by atoms with Crippen LogP contribution in [0, 0.1) is 0 Å². The quantitative estimate of drug-likeness (QED) is 0.819. The topological polar surface area (TPSA) is 72.3 Å². The van der Waals surface area contributed by atoms with Crippen LogP contribution in [0.2, 0.25) is 5.15 Å². The van der Waals surface area contributed by atoms with Crippen molar-refractivity contribution in [2.24, 2.45) is 0 Å². The number of ether oxygens (including phenoxy) is 1. The van der Waals surface area contributed by atoms with E-state index in [1.165, 1.54) is 7.11 Å². The van der Waals surface area contributed by atoms with Gasteiger partial charge >= 0.3 is 5.97 Å². The Morgan fingerprint density at radius 1 is 1.50 bits per heavy atom.